The smallest absolute Gasteiger partial charge is 0.258 e. The summed E-state index contributed by atoms with van der Waals surface area (Å²) >= 11 is 0. The number of carbonyl (C=O) groups is 1. The molecule has 1 atom stereocenters. The number of halogens is 1. The minimum absolute atomic E-state index is 0.0707. The van der Waals surface area contributed by atoms with Crippen LogP contribution in [0.1, 0.15) is 47.9 Å². The second-order valence-corrected chi connectivity index (χ2v) is 11.2. The SMILES string of the molecule is CCCC(F)[Si](C)(C)OCc1nc2cc3c(cc2c(=O)[nH]1)C(=O)CC3. The molecule has 0 bridgehead atoms. The van der Waals surface area contributed by atoms with Gasteiger partial charge in [0.2, 0.25) is 8.32 Å². The minimum atomic E-state index is -2.49. The highest BCUT2D eigenvalue weighted by atomic mass is 28.4. The van der Waals surface area contributed by atoms with Gasteiger partial charge < -0.3 is 9.41 Å². The van der Waals surface area contributed by atoms with E-state index in [9.17, 15) is 14.0 Å². The number of nitrogens with zero attached hydrogens (tertiary/aromatic N) is 1. The number of Topliss-reactive ketones (excluding diaryl/α,β-unsaturated/α-hetero) is 1. The summed E-state index contributed by atoms with van der Waals surface area (Å²) in [6.07, 6.45) is 2.43. The van der Waals surface area contributed by atoms with Gasteiger partial charge >= 0.3 is 0 Å². The molecular weight excluding hydrogens is 339 g/mol. The maximum Gasteiger partial charge on any atom is 0.258 e. The molecule has 1 heterocycles. The van der Waals surface area contributed by atoms with E-state index in [1.807, 2.05) is 26.1 Å². The zero-order chi connectivity index (χ0) is 18.2. The van der Waals surface area contributed by atoms with Crippen LogP contribution >= 0.6 is 0 Å². The molecule has 25 heavy (non-hydrogen) atoms. The van der Waals surface area contributed by atoms with Crippen LogP contribution in [0, 0.1) is 0 Å². The van der Waals surface area contributed by atoms with Gasteiger partial charge in [0.05, 0.1) is 17.5 Å². The Kier molecular flexibility index (Phi) is 4.88. The van der Waals surface area contributed by atoms with Crippen molar-refractivity contribution in [2.24, 2.45) is 0 Å². The fourth-order valence-electron chi connectivity index (χ4n) is 3.14. The fraction of sp³-hybridized carbons (Fsp3) is 0.500. The third kappa shape index (κ3) is 3.57. The van der Waals surface area contributed by atoms with E-state index in [0.717, 1.165) is 12.0 Å². The van der Waals surface area contributed by atoms with E-state index in [4.69, 9.17) is 4.43 Å². The Morgan fingerprint density at radius 1 is 1.32 bits per heavy atom. The largest absolute Gasteiger partial charge is 0.407 e. The van der Waals surface area contributed by atoms with Crippen molar-refractivity contribution in [3.05, 3.63) is 39.4 Å². The Morgan fingerprint density at radius 3 is 2.80 bits per heavy atom. The van der Waals surface area contributed by atoms with Gasteiger partial charge in [0.25, 0.3) is 5.56 Å². The average molecular weight is 362 g/mol. The first-order valence-corrected chi connectivity index (χ1v) is 11.7. The molecule has 0 amide bonds. The summed E-state index contributed by atoms with van der Waals surface area (Å²) < 4.78 is 20.0. The molecule has 0 saturated heterocycles. The normalized spacial score (nSPS) is 15.6. The predicted octanol–water partition coefficient (Wildman–Crippen LogP) is 3.45. The van der Waals surface area contributed by atoms with Gasteiger partial charge in [0, 0.05) is 12.0 Å². The molecule has 0 saturated carbocycles. The Balaban J connectivity index is 1.86. The first kappa shape index (κ1) is 17.9. The van der Waals surface area contributed by atoms with E-state index in [-0.39, 0.29) is 17.9 Å². The molecule has 134 valence electrons. The van der Waals surface area contributed by atoms with Crippen LogP contribution in [0.25, 0.3) is 10.9 Å². The standard InChI is InChI=1S/C18H23FN2O3Si/c1-4-5-16(19)25(2,3)24-10-17-20-14-8-11-6-7-15(22)12(11)9-13(14)18(23)21-17/h8-9,16H,4-7,10H2,1-3H3,(H,20,21,23). The van der Waals surface area contributed by atoms with E-state index < -0.39 is 14.1 Å². The summed E-state index contributed by atoms with van der Waals surface area (Å²) in [5, 5.41) is 0.406. The Hall–Kier alpha value is -1.86. The molecule has 1 aromatic carbocycles. The third-order valence-electron chi connectivity index (χ3n) is 4.78. The summed E-state index contributed by atoms with van der Waals surface area (Å²) in [5.74, 6) is -0.480. The highest BCUT2D eigenvalue weighted by Crippen LogP contribution is 2.25. The number of rotatable bonds is 6. The number of aromatic nitrogens is 2. The summed E-state index contributed by atoms with van der Waals surface area (Å²) in [6, 6.07) is 3.44. The zero-order valence-electron chi connectivity index (χ0n) is 14.8. The molecule has 0 radical (unpaired) electrons. The average Bonchev–Trinajstić information content (AvgIpc) is 2.92. The number of aromatic amines is 1. The van der Waals surface area contributed by atoms with Crippen LogP contribution in [0.15, 0.2) is 16.9 Å². The number of benzene rings is 1. The summed E-state index contributed by atoms with van der Waals surface area (Å²) in [7, 11) is -2.49. The van der Waals surface area contributed by atoms with Crippen molar-refractivity contribution in [3.63, 3.8) is 0 Å². The number of ketones is 1. The van der Waals surface area contributed by atoms with Gasteiger partial charge in [0.1, 0.15) is 11.6 Å². The number of fused-ring (bicyclic) bond motifs is 2. The fourth-order valence-corrected chi connectivity index (χ4v) is 4.81. The van der Waals surface area contributed by atoms with E-state index in [1.165, 1.54) is 0 Å². The Labute approximate surface area is 146 Å². The molecule has 3 rings (SSSR count). The molecule has 2 aromatic rings. The lowest BCUT2D eigenvalue weighted by Crippen LogP contribution is -2.42. The van der Waals surface area contributed by atoms with Gasteiger partial charge in [-0.25, -0.2) is 9.37 Å². The lowest BCUT2D eigenvalue weighted by Gasteiger charge is -2.26. The van der Waals surface area contributed by atoms with Gasteiger partial charge in [0.15, 0.2) is 5.78 Å². The first-order valence-electron chi connectivity index (χ1n) is 8.69. The molecule has 1 unspecified atom stereocenters. The van der Waals surface area contributed by atoms with Crippen molar-refractivity contribution in [2.75, 3.05) is 0 Å². The molecule has 1 aliphatic carbocycles. The lowest BCUT2D eigenvalue weighted by atomic mass is 10.1. The van der Waals surface area contributed by atoms with E-state index in [2.05, 4.69) is 9.97 Å². The number of aryl methyl sites for hydroxylation is 1. The van der Waals surface area contributed by atoms with E-state index in [0.29, 0.717) is 41.6 Å². The topological polar surface area (TPSA) is 72.0 Å². The maximum absolute atomic E-state index is 14.2. The predicted molar refractivity (Wildman–Crippen MR) is 97.1 cm³/mol. The number of carbonyl (C=O) groups excluding carboxylic acids is 1. The second kappa shape index (κ2) is 6.80. The maximum atomic E-state index is 14.2. The molecular formula is C18H23FN2O3Si. The van der Waals surface area contributed by atoms with Crippen molar-refractivity contribution in [1.29, 1.82) is 0 Å². The molecule has 1 aromatic heterocycles. The summed E-state index contributed by atoms with van der Waals surface area (Å²) in [5.41, 5.74) is 1.82. The van der Waals surface area contributed by atoms with Gasteiger partial charge in [-0.15, -0.1) is 0 Å². The number of alkyl halides is 1. The van der Waals surface area contributed by atoms with Crippen molar-refractivity contribution < 1.29 is 13.6 Å². The Bertz CT molecular complexity index is 878. The third-order valence-corrected chi connectivity index (χ3v) is 7.46. The van der Waals surface area contributed by atoms with Crippen LogP contribution in [-0.4, -0.2) is 29.9 Å². The minimum Gasteiger partial charge on any atom is -0.407 e. The highest BCUT2D eigenvalue weighted by Gasteiger charge is 2.33. The molecule has 7 heteroatoms. The van der Waals surface area contributed by atoms with Crippen LogP contribution in [0.4, 0.5) is 4.39 Å². The number of hydrogen-bond acceptors (Lipinski definition) is 4. The lowest BCUT2D eigenvalue weighted by molar-refractivity contribution is 0.0994. The van der Waals surface area contributed by atoms with E-state index in [1.54, 1.807) is 6.07 Å². The zero-order valence-corrected chi connectivity index (χ0v) is 15.8. The summed E-state index contributed by atoms with van der Waals surface area (Å²) in [4.78, 5) is 31.3. The van der Waals surface area contributed by atoms with Gasteiger partial charge in [-0.05, 0) is 43.6 Å². The van der Waals surface area contributed by atoms with Gasteiger partial charge in [-0.1, -0.05) is 13.3 Å². The molecule has 0 aliphatic heterocycles. The monoisotopic (exact) mass is 362 g/mol. The first-order chi connectivity index (χ1) is 11.8. The van der Waals surface area contributed by atoms with Crippen LogP contribution < -0.4 is 5.56 Å². The van der Waals surface area contributed by atoms with Crippen molar-refractivity contribution in [2.45, 2.75) is 58.1 Å². The molecule has 0 spiro atoms. The summed E-state index contributed by atoms with van der Waals surface area (Å²) in [6.45, 7) is 5.71. The van der Waals surface area contributed by atoms with Gasteiger partial charge in [-0.3, -0.25) is 9.59 Å². The number of H-pyrrole nitrogens is 1. The molecule has 5 nitrogen and oxygen atoms in total. The Morgan fingerprint density at radius 2 is 2.08 bits per heavy atom. The van der Waals surface area contributed by atoms with Crippen molar-refractivity contribution in [3.8, 4) is 0 Å². The number of hydrogen-bond donors (Lipinski definition) is 1. The quantitative estimate of drug-likeness (QED) is 0.799. The van der Waals surface area contributed by atoms with E-state index >= 15 is 0 Å². The molecule has 0 fully saturated rings. The second-order valence-electron chi connectivity index (χ2n) is 7.11. The van der Waals surface area contributed by atoms with Crippen LogP contribution in [0.3, 0.4) is 0 Å². The van der Waals surface area contributed by atoms with Gasteiger partial charge in [-0.2, -0.15) is 0 Å². The van der Waals surface area contributed by atoms with Crippen LogP contribution in [0.2, 0.25) is 13.1 Å². The van der Waals surface area contributed by atoms with Crippen LogP contribution in [0.5, 0.6) is 0 Å². The van der Waals surface area contributed by atoms with Crippen molar-refractivity contribution >= 4 is 25.0 Å². The highest BCUT2D eigenvalue weighted by molar-refractivity contribution is 6.72. The number of nitrogens with one attached hydrogen (secondary N) is 1. The van der Waals surface area contributed by atoms with Crippen LogP contribution in [-0.2, 0) is 17.5 Å². The van der Waals surface area contributed by atoms with Crippen molar-refractivity contribution in [1.82, 2.24) is 9.97 Å². The molecule has 1 N–H and O–H groups in total. The molecule has 1 aliphatic rings.